The fourth-order valence-electron chi connectivity index (χ4n) is 3.83. The molecular formula is C28H27N3O3. The van der Waals surface area contributed by atoms with E-state index in [1.54, 1.807) is 6.92 Å². The molecule has 6 nitrogen and oxygen atoms in total. The molecule has 0 amide bonds. The molecule has 0 unspecified atom stereocenters. The Kier molecular flexibility index (Phi) is 7.18. The molecule has 34 heavy (non-hydrogen) atoms. The summed E-state index contributed by atoms with van der Waals surface area (Å²) in [5, 5.41) is 3.16. The van der Waals surface area contributed by atoms with Crippen LogP contribution in [0, 0.1) is 13.5 Å². The lowest BCUT2D eigenvalue weighted by Gasteiger charge is -2.18. The van der Waals surface area contributed by atoms with E-state index >= 15 is 0 Å². The maximum Gasteiger partial charge on any atom is 1.00 e. The van der Waals surface area contributed by atoms with Gasteiger partial charge in [0.15, 0.2) is 0 Å². The van der Waals surface area contributed by atoms with Gasteiger partial charge in [0, 0.05) is 17.7 Å². The number of benzene rings is 3. The summed E-state index contributed by atoms with van der Waals surface area (Å²) in [6.07, 6.45) is 0.347. The van der Waals surface area contributed by atoms with Crippen molar-refractivity contribution in [2.45, 2.75) is 26.3 Å². The number of nitrogens with zero attached hydrogens (tertiary/aromatic N) is 2. The van der Waals surface area contributed by atoms with Crippen molar-refractivity contribution in [1.82, 2.24) is 9.78 Å². The molecule has 0 spiro atoms. The fraction of sp³-hybridized carbons (Fsp3) is 0.143. The van der Waals surface area contributed by atoms with Crippen LogP contribution in [0.1, 0.15) is 30.7 Å². The van der Waals surface area contributed by atoms with E-state index in [-0.39, 0.29) is 6.99 Å². The smallest absolute Gasteiger partial charge is 0.636 e. The van der Waals surface area contributed by atoms with Crippen LogP contribution >= 0.6 is 0 Å². The van der Waals surface area contributed by atoms with Gasteiger partial charge in [-0.3, -0.25) is 19.7 Å². The molecule has 0 aliphatic rings. The van der Waals surface area contributed by atoms with Crippen molar-refractivity contribution in [2.75, 3.05) is 0 Å². The lowest BCUT2D eigenvalue weighted by molar-refractivity contribution is -0.141. The van der Waals surface area contributed by atoms with Gasteiger partial charge in [0.05, 0.1) is 17.0 Å². The number of para-hydroxylation sites is 1. The normalized spacial score (nSPS) is 12.4. The quantitative estimate of drug-likeness (QED) is 0.237. The number of ether oxygens (including phenoxy) is 1. The molecular weight excluding hydrogens is 426 g/mol. The van der Waals surface area contributed by atoms with Crippen molar-refractivity contribution in [3.05, 3.63) is 130 Å². The minimum atomic E-state index is -0.826. The molecule has 1 N–H and O–H groups in total. The Morgan fingerprint density at radius 2 is 1.59 bits per heavy atom. The number of aryl methyl sites for hydroxylation is 1. The molecule has 1 heterocycles. The van der Waals surface area contributed by atoms with Crippen LogP contribution in [-0.4, -0.2) is 27.5 Å². The van der Waals surface area contributed by atoms with E-state index in [0.29, 0.717) is 23.4 Å². The molecule has 4 rings (SSSR count). The van der Waals surface area contributed by atoms with Crippen molar-refractivity contribution in [1.29, 1.82) is 0 Å². The molecule has 0 radical (unpaired) electrons. The van der Waals surface area contributed by atoms with Crippen molar-refractivity contribution in [3.8, 4) is 5.69 Å². The first-order valence-corrected chi connectivity index (χ1v) is 11.1. The number of esters is 1. The first-order chi connectivity index (χ1) is 16.6. The summed E-state index contributed by atoms with van der Waals surface area (Å²) in [5.41, 5.74) is 3.70. The van der Waals surface area contributed by atoms with E-state index in [1.165, 1.54) is 11.3 Å². The number of hydrogen-bond donors (Lipinski definition) is 1. The second-order valence-corrected chi connectivity index (χ2v) is 7.81. The SMILES string of the molecule is C[CH-]OC(=O)[C@@H](Cc1ccccc1)N=C(c1ccccc1)c1c(C)[nH]n(-c2ccccc2)c1=O.[H+]. The van der Waals surface area contributed by atoms with Crippen LogP contribution in [0.15, 0.2) is 101 Å². The Hall–Kier alpha value is -4.19. The second kappa shape index (κ2) is 10.6. The molecule has 4 aromatic rings. The molecule has 0 aliphatic carbocycles. The molecule has 0 fully saturated rings. The van der Waals surface area contributed by atoms with Gasteiger partial charge < -0.3 is 4.74 Å². The molecule has 0 aliphatic heterocycles. The minimum absolute atomic E-state index is 0. The maximum absolute atomic E-state index is 13.6. The first kappa shape index (κ1) is 23.0. The van der Waals surface area contributed by atoms with Gasteiger partial charge in [-0.25, -0.2) is 4.68 Å². The van der Waals surface area contributed by atoms with Gasteiger partial charge in [-0.15, -0.1) is 0 Å². The lowest BCUT2D eigenvalue weighted by Crippen LogP contribution is -2.27. The number of hydrogen-bond acceptors (Lipinski definition) is 4. The highest BCUT2D eigenvalue weighted by Crippen LogP contribution is 2.17. The standard InChI is InChI=1S/C28H26N3O3/c1-3-34-28(33)24(19-21-13-7-4-8-14-21)29-26(22-15-9-5-10-16-22)25-20(2)30-31(27(25)32)23-17-11-6-12-18-23/h3-18,24,30H,19H2,1-2H3/q-1/p+1/t24-/m1/s1. The van der Waals surface area contributed by atoms with Crippen LogP contribution in [0.5, 0.6) is 0 Å². The summed E-state index contributed by atoms with van der Waals surface area (Å²) < 4.78 is 6.72. The van der Waals surface area contributed by atoms with Gasteiger partial charge in [-0.05, 0) is 24.6 Å². The van der Waals surface area contributed by atoms with Crippen LogP contribution in [0.25, 0.3) is 5.69 Å². The Balaban J connectivity index is 0.00000342. The Morgan fingerprint density at radius 3 is 2.21 bits per heavy atom. The number of carbonyl (C=O) groups excluding carboxylic acids is 1. The van der Waals surface area contributed by atoms with Crippen molar-refractivity contribution in [2.24, 2.45) is 4.99 Å². The maximum atomic E-state index is 13.6. The first-order valence-electron chi connectivity index (χ1n) is 11.1. The zero-order chi connectivity index (χ0) is 23.9. The highest BCUT2D eigenvalue weighted by molar-refractivity contribution is 6.14. The third-order valence-electron chi connectivity index (χ3n) is 5.43. The molecule has 1 aromatic heterocycles. The molecule has 6 heteroatoms. The third kappa shape index (κ3) is 5.07. The van der Waals surface area contributed by atoms with E-state index in [1.807, 2.05) is 97.9 Å². The van der Waals surface area contributed by atoms with Crippen LogP contribution < -0.4 is 5.56 Å². The zero-order valence-electron chi connectivity index (χ0n) is 20.1. The predicted octanol–water partition coefficient (Wildman–Crippen LogP) is 4.76. The van der Waals surface area contributed by atoms with Crippen LogP contribution in [0.4, 0.5) is 0 Å². The monoisotopic (exact) mass is 453 g/mol. The lowest BCUT2D eigenvalue weighted by atomic mass is 10.0. The van der Waals surface area contributed by atoms with Gasteiger partial charge in [-0.2, -0.15) is 13.5 Å². The number of aliphatic imine (C=N–C) groups is 1. The zero-order valence-corrected chi connectivity index (χ0v) is 19.1. The molecule has 3 aromatic carbocycles. The van der Waals surface area contributed by atoms with Gasteiger partial charge in [0.25, 0.3) is 11.5 Å². The summed E-state index contributed by atoms with van der Waals surface area (Å²) in [5.74, 6) is -0.476. The summed E-state index contributed by atoms with van der Waals surface area (Å²) in [6, 6.07) is 27.6. The number of aromatic amines is 1. The largest absolute Gasteiger partial charge is 1.00 e. The van der Waals surface area contributed by atoms with Crippen molar-refractivity contribution < 1.29 is 11.0 Å². The fourth-order valence-corrected chi connectivity index (χ4v) is 3.83. The number of rotatable bonds is 8. The Morgan fingerprint density at radius 1 is 1.00 bits per heavy atom. The molecule has 1 atom stereocenters. The minimum Gasteiger partial charge on any atom is -0.636 e. The summed E-state index contributed by atoms with van der Waals surface area (Å²) >= 11 is 0. The van der Waals surface area contributed by atoms with E-state index in [9.17, 15) is 9.59 Å². The van der Waals surface area contributed by atoms with E-state index in [4.69, 9.17) is 9.73 Å². The second-order valence-electron chi connectivity index (χ2n) is 7.81. The average Bonchev–Trinajstić information content (AvgIpc) is 3.17. The number of nitrogens with one attached hydrogen (secondary N) is 1. The van der Waals surface area contributed by atoms with Crippen LogP contribution in [0.2, 0.25) is 0 Å². The molecule has 172 valence electrons. The van der Waals surface area contributed by atoms with Gasteiger partial charge in [-0.1, -0.05) is 78.9 Å². The predicted molar refractivity (Wildman–Crippen MR) is 134 cm³/mol. The summed E-state index contributed by atoms with van der Waals surface area (Å²) in [6.45, 7) is 4.83. The van der Waals surface area contributed by atoms with Gasteiger partial charge in [0.2, 0.25) is 0 Å². The van der Waals surface area contributed by atoms with Crippen LogP contribution in [-0.2, 0) is 16.0 Å². The van der Waals surface area contributed by atoms with E-state index in [2.05, 4.69) is 5.10 Å². The van der Waals surface area contributed by atoms with Crippen molar-refractivity contribution in [3.63, 3.8) is 0 Å². The number of carbonyl (C=O) groups is 1. The number of aromatic nitrogens is 2. The Labute approximate surface area is 200 Å². The Bertz CT molecular complexity index is 1330. The summed E-state index contributed by atoms with van der Waals surface area (Å²) in [7, 11) is 0. The van der Waals surface area contributed by atoms with Crippen molar-refractivity contribution >= 4 is 11.7 Å². The van der Waals surface area contributed by atoms with Crippen LogP contribution in [0.3, 0.4) is 0 Å². The molecule has 0 bridgehead atoms. The highest BCUT2D eigenvalue weighted by atomic mass is 16.5. The van der Waals surface area contributed by atoms with E-state index < -0.39 is 12.0 Å². The third-order valence-corrected chi connectivity index (χ3v) is 5.43. The topological polar surface area (TPSA) is 76.4 Å². The molecule has 0 saturated heterocycles. The average molecular weight is 454 g/mol. The van der Waals surface area contributed by atoms with E-state index in [0.717, 1.165) is 16.8 Å². The number of H-pyrrole nitrogens is 1. The molecule has 0 saturated carbocycles. The van der Waals surface area contributed by atoms with Gasteiger partial charge in [0.1, 0.15) is 6.04 Å². The highest BCUT2D eigenvalue weighted by Gasteiger charge is 2.24. The van der Waals surface area contributed by atoms with Gasteiger partial charge >= 0.3 is 1.43 Å². The summed E-state index contributed by atoms with van der Waals surface area (Å²) in [4.78, 5) is 31.3.